The first-order valence-corrected chi connectivity index (χ1v) is 7.13. The molecule has 22 heavy (non-hydrogen) atoms. The number of carbonyl (C=O) groups is 2. The van der Waals surface area contributed by atoms with Gasteiger partial charge in [-0.3, -0.25) is 9.59 Å². The molecule has 2 aromatic rings. The number of anilines is 2. The van der Waals surface area contributed by atoms with Crippen LogP contribution in [0.5, 0.6) is 0 Å². The van der Waals surface area contributed by atoms with Crippen LogP contribution in [0.2, 0.25) is 0 Å². The second-order valence-corrected chi connectivity index (χ2v) is 5.55. The smallest absolute Gasteiger partial charge is 0.314 e. The van der Waals surface area contributed by atoms with Gasteiger partial charge in [0.15, 0.2) is 0 Å². The molecule has 0 saturated carbocycles. The van der Waals surface area contributed by atoms with Crippen molar-refractivity contribution in [2.45, 2.75) is 27.7 Å². The van der Waals surface area contributed by atoms with Gasteiger partial charge in [0.05, 0.1) is 0 Å². The first-order valence-electron chi connectivity index (χ1n) is 7.13. The van der Waals surface area contributed by atoms with E-state index in [1.807, 2.05) is 58.0 Å². The fourth-order valence-electron chi connectivity index (χ4n) is 2.46. The van der Waals surface area contributed by atoms with Crippen LogP contribution in [0.1, 0.15) is 22.3 Å². The summed E-state index contributed by atoms with van der Waals surface area (Å²) in [5.74, 6) is -1.35. The van der Waals surface area contributed by atoms with Crippen LogP contribution in [0.15, 0.2) is 36.4 Å². The molecule has 4 heteroatoms. The fourth-order valence-corrected chi connectivity index (χ4v) is 2.46. The van der Waals surface area contributed by atoms with Crippen LogP contribution in [0.25, 0.3) is 0 Å². The standard InChI is InChI=1S/C18H20N2O2/c1-11-6-5-7-15(10-11)19-17(21)18(22)20-16-13(3)8-12(2)9-14(16)4/h5-10H,1-4H3,(H,19,21)(H,20,22). The Bertz CT molecular complexity index is 713. The molecule has 4 nitrogen and oxygen atoms in total. The molecule has 0 aliphatic heterocycles. The number of benzene rings is 2. The summed E-state index contributed by atoms with van der Waals surface area (Å²) in [6.07, 6.45) is 0. The van der Waals surface area contributed by atoms with E-state index in [9.17, 15) is 9.59 Å². The SMILES string of the molecule is Cc1cccc(NC(=O)C(=O)Nc2c(C)cc(C)cc2C)c1. The number of aryl methyl sites for hydroxylation is 4. The highest BCUT2D eigenvalue weighted by molar-refractivity contribution is 6.43. The van der Waals surface area contributed by atoms with Gasteiger partial charge in [-0.05, 0) is 56.5 Å². The summed E-state index contributed by atoms with van der Waals surface area (Å²) in [6, 6.07) is 11.3. The lowest BCUT2D eigenvalue weighted by Crippen LogP contribution is -2.29. The van der Waals surface area contributed by atoms with Crippen molar-refractivity contribution in [3.8, 4) is 0 Å². The topological polar surface area (TPSA) is 58.2 Å². The molecule has 0 unspecified atom stereocenters. The predicted molar refractivity (Wildman–Crippen MR) is 89.1 cm³/mol. The van der Waals surface area contributed by atoms with Crippen molar-refractivity contribution in [1.29, 1.82) is 0 Å². The van der Waals surface area contributed by atoms with Crippen LogP contribution in [0.4, 0.5) is 11.4 Å². The average Bonchev–Trinajstić information content (AvgIpc) is 2.42. The Balaban J connectivity index is 2.11. The second kappa shape index (κ2) is 6.43. The van der Waals surface area contributed by atoms with Gasteiger partial charge in [-0.2, -0.15) is 0 Å². The maximum Gasteiger partial charge on any atom is 0.314 e. The fraction of sp³-hybridized carbons (Fsp3) is 0.222. The number of amides is 2. The zero-order valence-electron chi connectivity index (χ0n) is 13.3. The van der Waals surface area contributed by atoms with Crippen molar-refractivity contribution < 1.29 is 9.59 Å². The lowest BCUT2D eigenvalue weighted by molar-refractivity contribution is -0.133. The molecule has 2 amide bonds. The van der Waals surface area contributed by atoms with E-state index in [2.05, 4.69) is 10.6 Å². The molecule has 114 valence electrons. The lowest BCUT2D eigenvalue weighted by atomic mass is 10.1. The van der Waals surface area contributed by atoms with E-state index in [1.54, 1.807) is 6.07 Å². The minimum atomic E-state index is -0.676. The molecule has 2 aromatic carbocycles. The number of hydrogen-bond acceptors (Lipinski definition) is 2. The Morgan fingerprint density at radius 3 is 1.95 bits per heavy atom. The van der Waals surface area contributed by atoms with Crippen molar-refractivity contribution in [1.82, 2.24) is 0 Å². The summed E-state index contributed by atoms with van der Waals surface area (Å²) >= 11 is 0. The predicted octanol–water partition coefficient (Wildman–Crippen LogP) is 3.50. The van der Waals surface area contributed by atoms with E-state index in [1.165, 1.54) is 0 Å². The number of rotatable bonds is 2. The van der Waals surface area contributed by atoms with Gasteiger partial charge in [0.1, 0.15) is 0 Å². The molecular weight excluding hydrogens is 276 g/mol. The van der Waals surface area contributed by atoms with Crippen LogP contribution in [-0.4, -0.2) is 11.8 Å². The first kappa shape index (κ1) is 15.8. The van der Waals surface area contributed by atoms with Crippen LogP contribution < -0.4 is 10.6 Å². The molecule has 0 fully saturated rings. The largest absolute Gasteiger partial charge is 0.318 e. The normalized spacial score (nSPS) is 10.2. The highest BCUT2D eigenvalue weighted by Crippen LogP contribution is 2.21. The van der Waals surface area contributed by atoms with Gasteiger partial charge >= 0.3 is 11.8 Å². The molecule has 0 aromatic heterocycles. The average molecular weight is 296 g/mol. The summed E-state index contributed by atoms with van der Waals surface area (Å²) in [7, 11) is 0. The number of hydrogen-bond donors (Lipinski definition) is 2. The lowest BCUT2D eigenvalue weighted by Gasteiger charge is -2.13. The van der Waals surface area contributed by atoms with Gasteiger partial charge < -0.3 is 10.6 Å². The van der Waals surface area contributed by atoms with Crippen LogP contribution >= 0.6 is 0 Å². The van der Waals surface area contributed by atoms with Crippen LogP contribution in [0, 0.1) is 27.7 Å². The minimum absolute atomic E-state index is 0.609. The van der Waals surface area contributed by atoms with Crippen molar-refractivity contribution in [3.05, 3.63) is 58.7 Å². The first-order chi connectivity index (χ1) is 10.4. The van der Waals surface area contributed by atoms with Gasteiger partial charge in [-0.25, -0.2) is 0 Å². The van der Waals surface area contributed by atoms with E-state index in [4.69, 9.17) is 0 Å². The van der Waals surface area contributed by atoms with Gasteiger partial charge in [-0.15, -0.1) is 0 Å². The molecule has 0 saturated heterocycles. The van der Waals surface area contributed by atoms with Crippen molar-refractivity contribution in [2.75, 3.05) is 10.6 Å². The third kappa shape index (κ3) is 3.73. The third-order valence-electron chi connectivity index (χ3n) is 3.40. The van der Waals surface area contributed by atoms with Crippen molar-refractivity contribution in [2.24, 2.45) is 0 Å². The second-order valence-electron chi connectivity index (χ2n) is 5.55. The number of nitrogens with one attached hydrogen (secondary N) is 2. The van der Waals surface area contributed by atoms with E-state index < -0.39 is 11.8 Å². The molecule has 2 N–H and O–H groups in total. The molecular formula is C18H20N2O2. The summed E-state index contributed by atoms with van der Waals surface area (Å²) in [6.45, 7) is 7.74. The molecule has 0 spiro atoms. The van der Waals surface area contributed by atoms with E-state index in [0.29, 0.717) is 11.4 Å². The maximum atomic E-state index is 12.1. The summed E-state index contributed by atoms with van der Waals surface area (Å²) in [4.78, 5) is 24.1. The van der Waals surface area contributed by atoms with Gasteiger partial charge in [-0.1, -0.05) is 29.8 Å². The number of carbonyl (C=O) groups excluding carboxylic acids is 2. The monoisotopic (exact) mass is 296 g/mol. The zero-order valence-corrected chi connectivity index (χ0v) is 13.3. The van der Waals surface area contributed by atoms with Gasteiger partial charge in [0, 0.05) is 11.4 Å². The Hall–Kier alpha value is -2.62. The minimum Gasteiger partial charge on any atom is -0.318 e. The quantitative estimate of drug-likeness (QED) is 0.833. The van der Waals surface area contributed by atoms with Crippen molar-refractivity contribution in [3.63, 3.8) is 0 Å². The summed E-state index contributed by atoms with van der Waals surface area (Å²) in [5, 5.41) is 5.29. The maximum absolute atomic E-state index is 12.1. The Morgan fingerprint density at radius 1 is 0.773 bits per heavy atom. The Kier molecular flexibility index (Phi) is 4.61. The molecule has 0 heterocycles. The Morgan fingerprint density at radius 2 is 1.36 bits per heavy atom. The highest BCUT2D eigenvalue weighted by Gasteiger charge is 2.16. The van der Waals surface area contributed by atoms with Crippen LogP contribution in [-0.2, 0) is 9.59 Å². The third-order valence-corrected chi connectivity index (χ3v) is 3.40. The van der Waals surface area contributed by atoms with Crippen LogP contribution in [0.3, 0.4) is 0 Å². The van der Waals surface area contributed by atoms with E-state index >= 15 is 0 Å². The summed E-state index contributed by atoms with van der Waals surface area (Å²) < 4.78 is 0. The Labute approximate surface area is 130 Å². The highest BCUT2D eigenvalue weighted by atomic mass is 16.2. The molecule has 0 aliphatic carbocycles. The van der Waals surface area contributed by atoms with E-state index in [-0.39, 0.29) is 0 Å². The molecule has 0 bridgehead atoms. The molecule has 0 aliphatic rings. The van der Waals surface area contributed by atoms with Crippen molar-refractivity contribution >= 4 is 23.2 Å². The van der Waals surface area contributed by atoms with Gasteiger partial charge in [0.2, 0.25) is 0 Å². The molecule has 2 rings (SSSR count). The van der Waals surface area contributed by atoms with E-state index in [0.717, 1.165) is 22.3 Å². The zero-order chi connectivity index (χ0) is 16.3. The summed E-state index contributed by atoms with van der Waals surface area (Å²) in [5.41, 5.74) is 5.32. The van der Waals surface area contributed by atoms with Gasteiger partial charge in [0.25, 0.3) is 0 Å². The molecule has 0 radical (unpaired) electrons. The molecule has 0 atom stereocenters.